The first kappa shape index (κ1) is 27.8. The van der Waals surface area contributed by atoms with E-state index in [0.29, 0.717) is 6.42 Å². The normalized spacial score (nSPS) is 22.9. The van der Waals surface area contributed by atoms with Crippen molar-refractivity contribution in [3.8, 4) is 11.3 Å². The largest absolute Gasteiger partial charge is 0.378 e. The third kappa shape index (κ3) is 7.31. The van der Waals surface area contributed by atoms with E-state index in [4.69, 9.17) is 9.72 Å². The lowest BCUT2D eigenvalue weighted by Gasteiger charge is -2.32. The molecule has 1 aromatic heterocycles. The summed E-state index contributed by atoms with van der Waals surface area (Å²) in [6, 6.07) is 17.7. The highest BCUT2D eigenvalue weighted by atomic mass is 16.5. The lowest BCUT2D eigenvalue weighted by molar-refractivity contribution is -0.126. The lowest BCUT2D eigenvalue weighted by Crippen LogP contribution is -2.40. The SMILES string of the molecule is CN1CCCNC(=O)C2CCN(CC2)Cc2cc(cc(N3CCOCC3)c2)Cc2nccc(n2)-c2ccc(cc2)C1. The monoisotopic (exact) mass is 554 g/mol. The van der Waals surface area contributed by atoms with Crippen molar-refractivity contribution in [2.45, 2.75) is 38.8 Å². The minimum absolute atomic E-state index is 0.115. The highest BCUT2D eigenvalue weighted by Gasteiger charge is 2.25. The predicted octanol–water partition coefficient (Wildman–Crippen LogP) is 3.73. The molecular weight excluding hydrogens is 512 g/mol. The van der Waals surface area contributed by atoms with Crippen LogP contribution >= 0.6 is 0 Å². The standard InChI is InChI=1S/C33H42N6O2/c1-37-12-2-10-35-33(40)29-8-13-38(14-9-29)24-27-19-26(20-30(21-27)39-15-17-41-18-16-39)22-32-34-11-7-31(36-32)28-5-3-25(23-37)4-6-28/h3-7,11,19-21,29H,2,8-10,12-18,22-24H2,1H3,(H,35,40). The van der Waals surface area contributed by atoms with Crippen LogP contribution in [0.1, 0.15) is 41.8 Å². The summed E-state index contributed by atoms with van der Waals surface area (Å²) in [5.41, 5.74) is 7.11. The zero-order chi connectivity index (χ0) is 28.0. The topological polar surface area (TPSA) is 73.8 Å². The molecule has 7 heterocycles. The Hall–Kier alpha value is -3.33. The zero-order valence-corrected chi connectivity index (χ0v) is 24.2. The van der Waals surface area contributed by atoms with Gasteiger partial charge in [0, 0.05) is 62.5 Å². The third-order valence-corrected chi connectivity index (χ3v) is 8.56. The van der Waals surface area contributed by atoms with E-state index in [1.54, 1.807) is 0 Å². The Kier molecular flexibility index (Phi) is 8.89. The molecule has 1 N–H and O–H groups in total. The van der Waals surface area contributed by atoms with Gasteiger partial charge in [-0.3, -0.25) is 9.69 Å². The smallest absolute Gasteiger partial charge is 0.223 e. The van der Waals surface area contributed by atoms with Crippen molar-refractivity contribution in [2.24, 2.45) is 5.92 Å². The Morgan fingerprint density at radius 3 is 2.46 bits per heavy atom. The van der Waals surface area contributed by atoms with Crippen molar-refractivity contribution in [3.05, 3.63) is 77.2 Å². The first-order valence-electron chi connectivity index (χ1n) is 15.1. The number of aromatic nitrogens is 2. The number of hydrogen-bond acceptors (Lipinski definition) is 7. The molecule has 0 aliphatic carbocycles. The number of benzene rings is 2. The molecular formula is C33H42N6O2. The first-order valence-corrected chi connectivity index (χ1v) is 15.1. The van der Waals surface area contributed by atoms with Gasteiger partial charge in [-0.05, 0) is 80.8 Å². The van der Waals surface area contributed by atoms with E-state index < -0.39 is 0 Å². The number of carbonyl (C=O) groups is 1. The van der Waals surface area contributed by atoms with Crippen LogP contribution in [0.3, 0.4) is 0 Å². The van der Waals surface area contributed by atoms with Crippen LogP contribution < -0.4 is 10.2 Å². The molecule has 8 nitrogen and oxygen atoms in total. The van der Waals surface area contributed by atoms with E-state index in [2.05, 4.69) is 74.5 Å². The molecule has 0 spiro atoms. The summed E-state index contributed by atoms with van der Waals surface area (Å²) in [5.74, 6) is 1.17. The van der Waals surface area contributed by atoms with Gasteiger partial charge in [-0.2, -0.15) is 0 Å². The maximum Gasteiger partial charge on any atom is 0.223 e. The molecule has 0 radical (unpaired) electrons. The molecule has 41 heavy (non-hydrogen) atoms. The predicted molar refractivity (Wildman–Crippen MR) is 162 cm³/mol. The Morgan fingerprint density at radius 1 is 0.878 bits per heavy atom. The van der Waals surface area contributed by atoms with Gasteiger partial charge in [0.2, 0.25) is 5.91 Å². The van der Waals surface area contributed by atoms with E-state index in [0.717, 1.165) is 102 Å². The lowest BCUT2D eigenvalue weighted by atomic mass is 9.95. The van der Waals surface area contributed by atoms with E-state index >= 15 is 0 Å². The van der Waals surface area contributed by atoms with Crippen LogP contribution in [0.2, 0.25) is 0 Å². The fourth-order valence-corrected chi connectivity index (χ4v) is 6.26. The summed E-state index contributed by atoms with van der Waals surface area (Å²) in [5, 5.41) is 3.21. The van der Waals surface area contributed by atoms with Gasteiger partial charge in [0.1, 0.15) is 5.82 Å². The number of hydrogen-bond donors (Lipinski definition) is 1. The quantitative estimate of drug-likeness (QED) is 0.491. The van der Waals surface area contributed by atoms with Crippen molar-refractivity contribution < 1.29 is 9.53 Å². The highest BCUT2D eigenvalue weighted by molar-refractivity contribution is 5.78. The second kappa shape index (κ2) is 13.1. The number of anilines is 1. The van der Waals surface area contributed by atoms with Crippen LogP contribution in [0.25, 0.3) is 11.3 Å². The van der Waals surface area contributed by atoms with Crippen LogP contribution in [-0.2, 0) is 29.0 Å². The van der Waals surface area contributed by atoms with Crippen LogP contribution in [0.4, 0.5) is 5.69 Å². The molecule has 0 atom stereocenters. The summed E-state index contributed by atoms with van der Waals surface area (Å²) in [7, 11) is 2.14. The molecule has 2 aromatic carbocycles. The molecule has 3 aromatic rings. The fraction of sp³-hybridized carbons (Fsp3) is 0.485. The van der Waals surface area contributed by atoms with Crippen molar-refractivity contribution in [1.29, 1.82) is 0 Å². The Bertz CT molecular complexity index is 1320. The highest BCUT2D eigenvalue weighted by Crippen LogP contribution is 2.26. The van der Waals surface area contributed by atoms with E-state index in [1.165, 1.54) is 22.4 Å². The summed E-state index contributed by atoms with van der Waals surface area (Å²) in [6.07, 6.45) is 5.35. The molecule has 6 aliphatic rings. The minimum atomic E-state index is 0.115. The number of amides is 1. The maximum absolute atomic E-state index is 12.9. The number of piperidine rings is 1. The molecule has 0 saturated carbocycles. The molecule has 6 aliphatic heterocycles. The molecule has 2 saturated heterocycles. The summed E-state index contributed by atoms with van der Waals surface area (Å²) in [4.78, 5) is 29.7. The van der Waals surface area contributed by atoms with Gasteiger partial charge in [0.25, 0.3) is 0 Å². The van der Waals surface area contributed by atoms with Crippen molar-refractivity contribution in [1.82, 2.24) is 25.1 Å². The summed E-state index contributed by atoms with van der Waals surface area (Å²) < 4.78 is 5.63. The average Bonchev–Trinajstić information content (AvgIpc) is 3.00. The van der Waals surface area contributed by atoms with E-state index in [9.17, 15) is 4.79 Å². The molecule has 1 amide bonds. The fourth-order valence-electron chi connectivity index (χ4n) is 6.26. The summed E-state index contributed by atoms with van der Waals surface area (Å²) in [6.45, 7) is 8.66. The van der Waals surface area contributed by atoms with Crippen molar-refractivity contribution >= 4 is 11.6 Å². The van der Waals surface area contributed by atoms with Gasteiger partial charge in [-0.1, -0.05) is 30.3 Å². The van der Waals surface area contributed by atoms with Gasteiger partial charge in [-0.15, -0.1) is 0 Å². The van der Waals surface area contributed by atoms with E-state index in [1.807, 2.05) is 12.3 Å². The van der Waals surface area contributed by atoms with Gasteiger partial charge >= 0.3 is 0 Å². The van der Waals surface area contributed by atoms with Gasteiger partial charge < -0.3 is 19.9 Å². The number of nitrogens with one attached hydrogen (secondary N) is 1. The molecule has 0 unspecified atom stereocenters. The van der Waals surface area contributed by atoms with Crippen LogP contribution in [-0.4, -0.2) is 85.2 Å². The van der Waals surface area contributed by atoms with Crippen molar-refractivity contribution in [3.63, 3.8) is 0 Å². The second-order valence-electron chi connectivity index (χ2n) is 11.8. The van der Waals surface area contributed by atoms with Gasteiger partial charge in [0.05, 0.1) is 18.9 Å². The molecule has 2 fully saturated rings. The third-order valence-electron chi connectivity index (χ3n) is 8.56. The number of carbonyl (C=O) groups excluding carboxylic acids is 1. The summed E-state index contributed by atoms with van der Waals surface area (Å²) >= 11 is 0. The van der Waals surface area contributed by atoms with Gasteiger partial charge in [-0.25, -0.2) is 9.97 Å². The molecule has 216 valence electrons. The molecule has 9 rings (SSSR count). The Balaban J connectivity index is 1.29. The van der Waals surface area contributed by atoms with Crippen LogP contribution in [0, 0.1) is 5.92 Å². The number of ether oxygens (including phenoxy) is 1. The van der Waals surface area contributed by atoms with Crippen molar-refractivity contribution in [2.75, 3.05) is 64.4 Å². The second-order valence-corrected chi connectivity index (χ2v) is 11.8. The van der Waals surface area contributed by atoms with Gasteiger partial charge in [0.15, 0.2) is 0 Å². The molecule has 8 bridgehead atoms. The average molecular weight is 555 g/mol. The minimum Gasteiger partial charge on any atom is -0.378 e. The number of rotatable bonds is 1. The first-order chi connectivity index (χ1) is 20.1. The maximum atomic E-state index is 12.9. The number of morpholine rings is 1. The Morgan fingerprint density at radius 2 is 1.66 bits per heavy atom. The number of nitrogens with zero attached hydrogens (tertiary/aromatic N) is 5. The van der Waals surface area contributed by atoms with E-state index in [-0.39, 0.29) is 11.8 Å². The molecule has 8 heteroatoms. The zero-order valence-electron chi connectivity index (χ0n) is 24.2. The van der Waals surface area contributed by atoms with Crippen LogP contribution in [0.15, 0.2) is 54.7 Å². The van der Waals surface area contributed by atoms with Crippen LogP contribution in [0.5, 0.6) is 0 Å². The Labute approximate surface area is 243 Å².